The van der Waals surface area contributed by atoms with E-state index in [0.29, 0.717) is 0 Å². The summed E-state index contributed by atoms with van der Waals surface area (Å²) in [5.74, 6) is -0.374. The van der Waals surface area contributed by atoms with Crippen molar-refractivity contribution >= 4 is 12.1 Å². The van der Waals surface area contributed by atoms with E-state index in [4.69, 9.17) is 9.47 Å². The number of rotatable bonds is 3. The van der Waals surface area contributed by atoms with Crippen molar-refractivity contribution in [3.8, 4) is 0 Å². The lowest BCUT2D eigenvalue weighted by atomic mass is 10.2. The zero-order valence-corrected chi connectivity index (χ0v) is 11.1. The average molecular weight is 243 g/mol. The largest absolute Gasteiger partial charge is 0.461 e. The fourth-order valence-corrected chi connectivity index (χ4v) is 1.10. The molecule has 1 rings (SSSR count). The molecule has 5 heteroatoms. The van der Waals surface area contributed by atoms with Gasteiger partial charge in [0.05, 0.1) is 0 Å². The van der Waals surface area contributed by atoms with Gasteiger partial charge in [-0.15, -0.1) is 0 Å². The van der Waals surface area contributed by atoms with E-state index in [1.165, 1.54) is 11.9 Å². The SMILES string of the molecule is C[C@@H](C(=O)OC1CC1)N(C)C(=O)OC(C)(C)C. The first-order valence-electron chi connectivity index (χ1n) is 5.87. The van der Waals surface area contributed by atoms with E-state index >= 15 is 0 Å². The Bertz CT molecular complexity index is 304. The second-order valence-corrected chi connectivity index (χ2v) is 5.40. The van der Waals surface area contributed by atoms with Gasteiger partial charge in [0, 0.05) is 7.05 Å². The zero-order valence-electron chi connectivity index (χ0n) is 11.1. The van der Waals surface area contributed by atoms with Crippen molar-refractivity contribution < 1.29 is 19.1 Å². The van der Waals surface area contributed by atoms with Crippen LogP contribution in [0.5, 0.6) is 0 Å². The highest BCUT2D eigenvalue weighted by molar-refractivity contribution is 5.81. The lowest BCUT2D eigenvalue weighted by molar-refractivity contribution is -0.150. The maximum absolute atomic E-state index is 11.7. The van der Waals surface area contributed by atoms with Gasteiger partial charge in [-0.25, -0.2) is 9.59 Å². The highest BCUT2D eigenvalue weighted by atomic mass is 16.6. The summed E-state index contributed by atoms with van der Waals surface area (Å²) >= 11 is 0. The first-order valence-corrected chi connectivity index (χ1v) is 5.87. The molecule has 0 bridgehead atoms. The van der Waals surface area contributed by atoms with Crippen LogP contribution in [0.4, 0.5) is 4.79 Å². The topological polar surface area (TPSA) is 55.8 Å². The van der Waals surface area contributed by atoms with Gasteiger partial charge >= 0.3 is 12.1 Å². The van der Waals surface area contributed by atoms with Crippen LogP contribution in [-0.2, 0) is 14.3 Å². The molecular formula is C12H21NO4. The second kappa shape index (κ2) is 4.94. The van der Waals surface area contributed by atoms with Crippen LogP contribution >= 0.6 is 0 Å². The maximum Gasteiger partial charge on any atom is 0.410 e. The Morgan fingerprint density at radius 1 is 1.29 bits per heavy atom. The van der Waals surface area contributed by atoms with Crippen molar-refractivity contribution in [2.75, 3.05) is 7.05 Å². The van der Waals surface area contributed by atoms with Crippen LogP contribution < -0.4 is 0 Å². The molecular weight excluding hydrogens is 222 g/mol. The highest BCUT2D eigenvalue weighted by Crippen LogP contribution is 2.24. The maximum atomic E-state index is 11.7. The number of carbonyl (C=O) groups excluding carboxylic acids is 2. The molecule has 1 fully saturated rings. The van der Waals surface area contributed by atoms with Crippen molar-refractivity contribution in [1.29, 1.82) is 0 Å². The lowest BCUT2D eigenvalue weighted by Crippen LogP contribution is -2.44. The Kier molecular flexibility index (Phi) is 4.01. The van der Waals surface area contributed by atoms with Crippen molar-refractivity contribution in [2.24, 2.45) is 0 Å². The summed E-state index contributed by atoms with van der Waals surface area (Å²) < 4.78 is 10.3. The molecule has 0 saturated heterocycles. The Labute approximate surface area is 102 Å². The molecule has 0 unspecified atom stereocenters. The molecule has 1 atom stereocenters. The summed E-state index contributed by atoms with van der Waals surface area (Å²) in [6.07, 6.45) is 1.39. The number of amides is 1. The van der Waals surface area contributed by atoms with Gasteiger partial charge in [-0.2, -0.15) is 0 Å². The number of nitrogens with zero attached hydrogens (tertiary/aromatic N) is 1. The Morgan fingerprint density at radius 3 is 2.24 bits per heavy atom. The van der Waals surface area contributed by atoms with Crippen LogP contribution in [0.3, 0.4) is 0 Å². The molecule has 5 nitrogen and oxygen atoms in total. The molecule has 0 radical (unpaired) electrons. The van der Waals surface area contributed by atoms with Gasteiger partial charge in [0.1, 0.15) is 17.7 Å². The summed E-state index contributed by atoms with van der Waals surface area (Å²) in [4.78, 5) is 24.6. The van der Waals surface area contributed by atoms with E-state index in [2.05, 4.69) is 0 Å². The molecule has 1 aliphatic carbocycles. The van der Waals surface area contributed by atoms with E-state index in [0.717, 1.165) is 12.8 Å². The van der Waals surface area contributed by atoms with Crippen LogP contribution in [0, 0.1) is 0 Å². The summed E-state index contributed by atoms with van der Waals surface area (Å²) in [6.45, 7) is 6.98. The van der Waals surface area contributed by atoms with Crippen LogP contribution in [0.2, 0.25) is 0 Å². The van der Waals surface area contributed by atoms with Crippen molar-refractivity contribution in [3.63, 3.8) is 0 Å². The van der Waals surface area contributed by atoms with Crippen LogP contribution in [0.25, 0.3) is 0 Å². The molecule has 98 valence electrons. The number of likely N-dealkylation sites (N-methyl/N-ethyl adjacent to an activating group) is 1. The number of hydrogen-bond donors (Lipinski definition) is 0. The van der Waals surface area contributed by atoms with Crippen LogP contribution in [-0.4, -0.2) is 41.8 Å². The molecule has 0 aromatic heterocycles. The minimum absolute atomic E-state index is 0.0528. The van der Waals surface area contributed by atoms with E-state index in [9.17, 15) is 9.59 Å². The van der Waals surface area contributed by atoms with Crippen molar-refractivity contribution in [3.05, 3.63) is 0 Å². The lowest BCUT2D eigenvalue weighted by Gasteiger charge is -2.27. The smallest absolute Gasteiger partial charge is 0.410 e. The minimum Gasteiger partial charge on any atom is -0.461 e. The second-order valence-electron chi connectivity index (χ2n) is 5.40. The van der Waals surface area contributed by atoms with Gasteiger partial charge in [0.15, 0.2) is 0 Å². The fraction of sp³-hybridized carbons (Fsp3) is 0.833. The molecule has 0 aromatic rings. The van der Waals surface area contributed by atoms with Crippen molar-refractivity contribution in [2.45, 2.75) is 58.3 Å². The third kappa shape index (κ3) is 4.63. The Balaban J connectivity index is 2.46. The molecule has 1 saturated carbocycles. The molecule has 17 heavy (non-hydrogen) atoms. The number of hydrogen-bond acceptors (Lipinski definition) is 4. The molecule has 0 aromatic carbocycles. The predicted octanol–water partition coefficient (Wildman–Crippen LogP) is 1.95. The fourth-order valence-electron chi connectivity index (χ4n) is 1.10. The van der Waals surface area contributed by atoms with Gasteiger partial charge < -0.3 is 9.47 Å². The molecule has 1 amide bonds. The first-order chi connectivity index (χ1) is 7.70. The quantitative estimate of drug-likeness (QED) is 0.711. The van der Waals surface area contributed by atoms with Gasteiger partial charge in [0.25, 0.3) is 0 Å². The van der Waals surface area contributed by atoms with E-state index in [-0.39, 0.29) is 12.1 Å². The third-order valence-corrected chi connectivity index (χ3v) is 2.41. The molecule has 0 spiro atoms. The van der Waals surface area contributed by atoms with Crippen LogP contribution in [0.15, 0.2) is 0 Å². The average Bonchev–Trinajstić information content (AvgIpc) is 2.96. The predicted molar refractivity (Wildman–Crippen MR) is 62.6 cm³/mol. The van der Waals surface area contributed by atoms with Gasteiger partial charge in [-0.05, 0) is 40.5 Å². The van der Waals surface area contributed by atoms with E-state index in [1.54, 1.807) is 27.7 Å². The molecule has 0 N–H and O–H groups in total. The molecule has 0 aliphatic heterocycles. The third-order valence-electron chi connectivity index (χ3n) is 2.41. The summed E-state index contributed by atoms with van der Waals surface area (Å²) in [7, 11) is 1.53. The monoisotopic (exact) mass is 243 g/mol. The Morgan fingerprint density at radius 2 is 1.82 bits per heavy atom. The Hall–Kier alpha value is -1.26. The molecule has 0 heterocycles. The summed E-state index contributed by atoms with van der Waals surface area (Å²) in [5.41, 5.74) is -0.564. The standard InChI is InChI=1S/C12H21NO4/c1-8(10(14)16-9-6-7-9)13(5)11(15)17-12(2,3)4/h8-9H,6-7H2,1-5H3/t8-/m0/s1. The molecule has 1 aliphatic rings. The van der Waals surface area contributed by atoms with Crippen LogP contribution in [0.1, 0.15) is 40.5 Å². The normalized spacial score (nSPS) is 17.2. The number of ether oxygens (including phenoxy) is 2. The number of carbonyl (C=O) groups is 2. The summed E-state index contributed by atoms with van der Waals surface area (Å²) in [6, 6.07) is -0.620. The van der Waals surface area contributed by atoms with E-state index in [1.807, 2.05) is 0 Å². The van der Waals surface area contributed by atoms with E-state index < -0.39 is 17.7 Å². The summed E-state index contributed by atoms with van der Waals surface area (Å²) in [5, 5.41) is 0. The van der Waals surface area contributed by atoms with Crippen molar-refractivity contribution in [1.82, 2.24) is 4.90 Å². The first kappa shape index (κ1) is 13.8. The van der Waals surface area contributed by atoms with Gasteiger partial charge in [-0.1, -0.05) is 0 Å². The highest BCUT2D eigenvalue weighted by Gasteiger charge is 2.32. The minimum atomic E-state index is -0.620. The number of esters is 1. The van der Waals surface area contributed by atoms with Gasteiger partial charge in [-0.3, -0.25) is 4.90 Å². The van der Waals surface area contributed by atoms with Gasteiger partial charge in [0.2, 0.25) is 0 Å². The zero-order chi connectivity index (χ0) is 13.2.